The van der Waals surface area contributed by atoms with Gasteiger partial charge in [-0.3, -0.25) is 9.59 Å². The number of rotatable bonds is 3. The van der Waals surface area contributed by atoms with Crippen LogP contribution in [0.4, 0.5) is 0 Å². The van der Waals surface area contributed by atoms with Crippen molar-refractivity contribution >= 4 is 21.7 Å². The van der Waals surface area contributed by atoms with Crippen molar-refractivity contribution < 1.29 is 27.3 Å². The topological polar surface area (TPSA) is 97.7 Å². The van der Waals surface area contributed by atoms with Gasteiger partial charge in [-0.1, -0.05) is 30.8 Å². The fourth-order valence-corrected chi connectivity index (χ4v) is 2.83. The molecular formula is C16H10O6S. The van der Waals surface area contributed by atoms with E-state index >= 15 is 0 Å². The molecule has 7 heteroatoms. The van der Waals surface area contributed by atoms with Crippen LogP contribution in [0.5, 0.6) is 11.5 Å². The fourth-order valence-electron chi connectivity index (χ4n) is 2.38. The van der Waals surface area contributed by atoms with Crippen LogP contribution in [-0.4, -0.2) is 25.1 Å². The van der Waals surface area contributed by atoms with Gasteiger partial charge in [-0.25, -0.2) is 0 Å². The van der Waals surface area contributed by atoms with E-state index in [2.05, 4.69) is 10.8 Å². The van der Waals surface area contributed by atoms with Gasteiger partial charge in [0.15, 0.2) is 23.1 Å². The molecule has 0 saturated carbocycles. The van der Waals surface area contributed by atoms with Crippen molar-refractivity contribution in [2.24, 2.45) is 0 Å². The van der Waals surface area contributed by atoms with Gasteiger partial charge in [-0.2, -0.15) is 8.42 Å². The number of carbonyl (C=O) groups excluding carboxylic acids is 2. The molecule has 0 atom stereocenters. The van der Waals surface area contributed by atoms with Crippen LogP contribution in [0, 0.1) is 0 Å². The molecule has 0 aliphatic heterocycles. The number of ketones is 2. The van der Waals surface area contributed by atoms with E-state index in [-0.39, 0.29) is 22.3 Å². The zero-order valence-electron chi connectivity index (χ0n) is 11.6. The third-order valence-electron chi connectivity index (χ3n) is 3.44. The van der Waals surface area contributed by atoms with Crippen LogP contribution in [0.3, 0.4) is 0 Å². The summed E-state index contributed by atoms with van der Waals surface area (Å²) < 4.78 is 27.5. The van der Waals surface area contributed by atoms with Gasteiger partial charge in [0.1, 0.15) is 0 Å². The SMILES string of the molecule is C=CS(=O)(=O)Oc1ccc2c(c1O)C(=O)c1ccccc1C2=O. The zero-order chi connectivity index (χ0) is 16.8. The van der Waals surface area contributed by atoms with Crippen LogP contribution in [-0.2, 0) is 10.1 Å². The lowest BCUT2D eigenvalue weighted by Gasteiger charge is -2.19. The minimum Gasteiger partial charge on any atom is -0.504 e. The molecule has 1 aliphatic carbocycles. The number of aromatic hydroxyl groups is 1. The first-order valence-corrected chi connectivity index (χ1v) is 7.94. The Morgan fingerprint density at radius 2 is 1.57 bits per heavy atom. The standard InChI is InChI=1S/C16H10O6S/c1-2-23(20,21)22-12-8-7-11-13(16(12)19)15(18)10-6-4-3-5-9(10)14(11)17/h2-8,19H,1H2. The van der Waals surface area contributed by atoms with Crippen molar-refractivity contribution in [3.63, 3.8) is 0 Å². The van der Waals surface area contributed by atoms with Gasteiger partial charge < -0.3 is 9.29 Å². The Kier molecular flexibility index (Phi) is 3.30. The second-order valence-electron chi connectivity index (χ2n) is 4.78. The molecule has 0 aromatic heterocycles. The smallest absolute Gasteiger partial charge is 0.331 e. The molecular weight excluding hydrogens is 320 g/mol. The fraction of sp³-hybridized carbons (Fsp3) is 0. The molecule has 0 heterocycles. The summed E-state index contributed by atoms with van der Waals surface area (Å²) >= 11 is 0. The van der Waals surface area contributed by atoms with Gasteiger partial charge in [0, 0.05) is 16.7 Å². The van der Waals surface area contributed by atoms with Crippen LogP contribution in [0.15, 0.2) is 48.4 Å². The highest BCUT2D eigenvalue weighted by Crippen LogP contribution is 2.39. The maximum atomic E-state index is 12.5. The van der Waals surface area contributed by atoms with Crippen molar-refractivity contribution in [2.75, 3.05) is 0 Å². The number of hydrogen-bond donors (Lipinski definition) is 1. The Balaban J connectivity index is 2.21. The summed E-state index contributed by atoms with van der Waals surface area (Å²) in [4.78, 5) is 24.9. The molecule has 1 aliphatic rings. The number of phenolic OH excluding ortho intramolecular Hbond substituents is 1. The quantitative estimate of drug-likeness (QED) is 0.738. The molecule has 0 unspecified atom stereocenters. The number of benzene rings is 2. The van der Waals surface area contributed by atoms with E-state index < -0.39 is 33.2 Å². The number of hydrogen-bond acceptors (Lipinski definition) is 6. The van der Waals surface area contributed by atoms with Gasteiger partial charge in [0.2, 0.25) is 0 Å². The molecule has 1 N–H and O–H groups in total. The van der Waals surface area contributed by atoms with Crippen LogP contribution in [0.1, 0.15) is 31.8 Å². The average molecular weight is 330 g/mol. The minimum absolute atomic E-state index is 0.00505. The summed E-state index contributed by atoms with van der Waals surface area (Å²) in [5.74, 6) is -2.14. The largest absolute Gasteiger partial charge is 0.504 e. The van der Waals surface area contributed by atoms with Crippen molar-refractivity contribution in [2.45, 2.75) is 0 Å². The molecule has 23 heavy (non-hydrogen) atoms. The number of carbonyl (C=O) groups is 2. The summed E-state index contributed by atoms with van der Waals surface area (Å²) in [5, 5.41) is 10.8. The highest BCUT2D eigenvalue weighted by atomic mass is 32.2. The van der Waals surface area contributed by atoms with Gasteiger partial charge in [-0.15, -0.1) is 0 Å². The molecule has 6 nitrogen and oxygen atoms in total. The molecule has 0 fully saturated rings. The molecule has 0 saturated heterocycles. The van der Waals surface area contributed by atoms with Gasteiger partial charge in [0.05, 0.1) is 11.0 Å². The molecule has 0 spiro atoms. The Morgan fingerprint density at radius 3 is 2.17 bits per heavy atom. The maximum Gasteiger partial charge on any atom is 0.331 e. The van der Waals surface area contributed by atoms with E-state index in [4.69, 9.17) is 0 Å². The van der Waals surface area contributed by atoms with Gasteiger partial charge >= 0.3 is 10.1 Å². The minimum atomic E-state index is -4.11. The predicted molar refractivity (Wildman–Crippen MR) is 81.2 cm³/mol. The van der Waals surface area contributed by atoms with E-state index in [1.54, 1.807) is 12.1 Å². The monoisotopic (exact) mass is 330 g/mol. The highest BCUT2D eigenvalue weighted by Gasteiger charge is 2.33. The normalized spacial score (nSPS) is 13.2. The predicted octanol–water partition coefficient (Wildman–Crippen LogP) is 2.02. The average Bonchev–Trinajstić information content (AvgIpc) is 2.54. The molecule has 3 rings (SSSR count). The van der Waals surface area contributed by atoms with Gasteiger partial charge in [0.25, 0.3) is 0 Å². The van der Waals surface area contributed by atoms with E-state index in [1.807, 2.05) is 0 Å². The lowest BCUT2D eigenvalue weighted by molar-refractivity contribution is 0.0976. The Bertz CT molecular complexity index is 972. The Morgan fingerprint density at radius 1 is 0.957 bits per heavy atom. The van der Waals surface area contributed by atoms with Crippen molar-refractivity contribution in [1.29, 1.82) is 0 Å². The third-order valence-corrected chi connectivity index (χ3v) is 4.26. The summed E-state index contributed by atoms with van der Waals surface area (Å²) in [5.41, 5.74) is 0.0980. The van der Waals surface area contributed by atoms with Crippen LogP contribution in [0.25, 0.3) is 0 Å². The number of phenols is 1. The number of fused-ring (bicyclic) bond motifs is 2. The second kappa shape index (κ2) is 5.06. The van der Waals surface area contributed by atoms with Crippen LogP contribution >= 0.6 is 0 Å². The van der Waals surface area contributed by atoms with E-state index in [1.165, 1.54) is 18.2 Å². The molecule has 2 aromatic rings. The summed E-state index contributed by atoms with van der Waals surface area (Å²) in [6.45, 7) is 3.09. The second-order valence-corrected chi connectivity index (χ2v) is 6.27. The first kappa shape index (κ1) is 15.0. The van der Waals surface area contributed by atoms with Crippen LogP contribution in [0.2, 0.25) is 0 Å². The summed E-state index contributed by atoms with van der Waals surface area (Å²) in [6, 6.07) is 8.57. The molecule has 0 bridgehead atoms. The van der Waals surface area contributed by atoms with E-state index in [0.29, 0.717) is 5.41 Å². The Hall–Kier alpha value is -2.93. The van der Waals surface area contributed by atoms with Crippen LogP contribution < -0.4 is 4.18 Å². The maximum absolute atomic E-state index is 12.5. The lowest BCUT2D eigenvalue weighted by Crippen LogP contribution is -2.21. The van der Waals surface area contributed by atoms with E-state index in [9.17, 15) is 23.1 Å². The van der Waals surface area contributed by atoms with Crippen molar-refractivity contribution in [3.8, 4) is 11.5 Å². The van der Waals surface area contributed by atoms with Crippen molar-refractivity contribution in [3.05, 3.63) is 70.6 Å². The van der Waals surface area contributed by atoms with E-state index in [0.717, 1.165) is 6.07 Å². The molecule has 0 amide bonds. The highest BCUT2D eigenvalue weighted by molar-refractivity contribution is 7.90. The first-order chi connectivity index (χ1) is 10.9. The molecule has 116 valence electrons. The summed E-state index contributed by atoms with van der Waals surface area (Å²) in [7, 11) is -4.11. The molecule has 2 aromatic carbocycles. The van der Waals surface area contributed by atoms with Crippen molar-refractivity contribution in [1.82, 2.24) is 0 Å². The summed E-state index contributed by atoms with van der Waals surface area (Å²) in [6.07, 6.45) is 0. The van der Waals surface area contributed by atoms with Gasteiger partial charge in [-0.05, 0) is 12.1 Å². The third kappa shape index (κ3) is 2.31. The lowest BCUT2D eigenvalue weighted by atomic mass is 9.83. The molecule has 0 radical (unpaired) electrons. The Labute approximate surface area is 131 Å². The first-order valence-electron chi connectivity index (χ1n) is 6.47. The zero-order valence-corrected chi connectivity index (χ0v) is 12.5.